The summed E-state index contributed by atoms with van der Waals surface area (Å²) in [5.74, 6) is -0.448. The van der Waals surface area contributed by atoms with Gasteiger partial charge in [0.25, 0.3) is 5.91 Å². The first-order valence-corrected chi connectivity index (χ1v) is 8.35. The summed E-state index contributed by atoms with van der Waals surface area (Å²) in [7, 11) is 0. The van der Waals surface area contributed by atoms with Gasteiger partial charge in [-0.2, -0.15) is 0 Å². The van der Waals surface area contributed by atoms with Crippen LogP contribution in [0.25, 0.3) is 0 Å². The van der Waals surface area contributed by atoms with Crippen molar-refractivity contribution in [1.82, 2.24) is 4.98 Å². The zero-order valence-corrected chi connectivity index (χ0v) is 14.7. The molecule has 0 saturated heterocycles. The van der Waals surface area contributed by atoms with Gasteiger partial charge in [-0.05, 0) is 24.6 Å². The number of aromatic amines is 1. The predicted octanol–water partition coefficient (Wildman–Crippen LogP) is 3.41. The van der Waals surface area contributed by atoms with Crippen molar-refractivity contribution in [2.75, 3.05) is 5.32 Å². The lowest BCUT2D eigenvalue weighted by Gasteiger charge is -2.08. The van der Waals surface area contributed by atoms with Crippen molar-refractivity contribution in [3.8, 4) is 5.75 Å². The van der Waals surface area contributed by atoms with Gasteiger partial charge in [-0.1, -0.05) is 42.5 Å². The van der Waals surface area contributed by atoms with Crippen LogP contribution in [0.15, 0.2) is 71.7 Å². The van der Waals surface area contributed by atoms with E-state index in [1.807, 2.05) is 30.3 Å². The topological polar surface area (TPSA) is 88.3 Å². The highest BCUT2D eigenvalue weighted by molar-refractivity contribution is 6.03. The van der Waals surface area contributed by atoms with Gasteiger partial charge in [-0.25, -0.2) is 0 Å². The molecular formula is C21H18N2O4. The largest absolute Gasteiger partial charge is 0.483 e. The monoisotopic (exact) mass is 362 g/mol. The molecule has 0 radical (unpaired) electrons. The van der Waals surface area contributed by atoms with E-state index in [9.17, 15) is 14.4 Å². The van der Waals surface area contributed by atoms with Crippen molar-refractivity contribution in [3.63, 3.8) is 0 Å². The van der Waals surface area contributed by atoms with E-state index in [2.05, 4.69) is 10.3 Å². The Labute approximate surface area is 155 Å². The number of nitrogens with one attached hydrogen (secondary N) is 2. The zero-order valence-electron chi connectivity index (χ0n) is 14.7. The second-order valence-electron chi connectivity index (χ2n) is 5.94. The summed E-state index contributed by atoms with van der Waals surface area (Å²) in [5, 5.41) is 2.66. The Balaban J connectivity index is 1.69. The van der Waals surface area contributed by atoms with Gasteiger partial charge in [0.15, 0.2) is 11.5 Å². The predicted molar refractivity (Wildman–Crippen MR) is 102 cm³/mol. The number of aromatic nitrogens is 1. The number of amides is 1. The molecule has 6 heteroatoms. The van der Waals surface area contributed by atoms with Crippen LogP contribution < -0.4 is 15.5 Å². The number of carbonyl (C=O) groups is 2. The highest BCUT2D eigenvalue weighted by Gasteiger charge is 2.11. The Kier molecular flexibility index (Phi) is 5.47. The first kappa shape index (κ1) is 18.1. The van der Waals surface area contributed by atoms with Gasteiger partial charge in [-0.3, -0.25) is 14.4 Å². The summed E-state index contributed by atoms with van der Waals surface area (Å²) >= 11 is 0. The van der Waals surface area contributed by atoms with Gasteiger partial charge >= 0.3 is 0 Å². The quantitative estimate of drug-likeness (QED) is 0.658. The van der Waals surface area contributed by atoms with E-state index >= 15 is 0 Å². The molecule has 1 amide bonds. The molecule has 1 aromatic heterocycles. The van der Waals surface area contributed by atoms with Crippen molar-refractivity contribution < 1.29 is 14.3 Å². The third kappa shape index (κ3) is 4.70. The molecular weight excluding hydrogens is 344 g/mol. The van der Waals surface area contributed by atoms with Crippen molar-refractivity contribution >= 4 is 17.4 Å². The molecule has 0 bridgehead atoms. The Bertz CT molecular complexity index is 1030. The van der Waals surface area contributed by atoms with Crippen LogP contribution in [0.5, 0.6) is 5.75 Å². The number of benzene rings is 2. The minimum atomic E-state index is -0.484. The summed E-state index contributed by atoms with van der Waals surface area (Å²) in [6.07, 6.45) is 1.37. The SMILES string of the molecule is CC(=O)c1cccc(NC(=O)c2cc(=O)c(OCc3ccccc3)c[nH]2)c1. The number of carbonyl (C=O) groups excluding carboxylic acids is 2. The fraction of sp³-hybridized carbons (Fsp3) is 0.0952. The van der Waals surface area contributed by atoms with Crippen molar-refractivity contribution in [2.24, 2.45) is 0 Å². The van der Waals surface area contributed by atoms with E-state index in [1.54, 1.807) is 24.3 Å². The smallest absolute Gasteiger partial charge is 0.272 e. The van der Waals surface area contributed by atoms with Crippen molar-refractivity contribution in [2.45, 2.75) is 13.5 Å². The van der Waals surface area contributed by atoms with Gasteiger partial charge in [0.2, 0.25) is 5.43 Å². The van der Waals surface area contributed by atoms with E-state index in [0.717, 1.165) is 5.56 Å². The highest BCUT2D eigenvalue weighted by Crippen LogP contribution is 2.13. The maximum Gasteiger partial charge on any atom is 0.272 e. The molecule has 2 aromatic carbocycles. The Morgan fingerprint density at radius 3 is 2.52 bits per heavy atom. The van der Waals surface area contributed by atoms with Crippen LogP contribution in [-0.4, -0.2) is 16.7 Å². The summed E-state index contributed by atoms with van der Waals surface area (Å²) in [6.45, 7) is 1.71. The number of hydrogen-bond acceptors (Lipinski definition) is 4. The molecule has 0 saturated carbocycles. The van der Waals surface area contributed by atoms with Crippen LogP contribution in [0, 0.1) is 0 Å². The number of ether oxygens (including phenoxy) is 1. The summed E-state index contributed by atoms with van der Waals surface area (Å²) in [5.41, 5.74) is 1.60. The highest BCUT2D eigenvalue weighted by atomic mass is 16.5. The average Bonchev–Trinajstić information content (AvgIpc) is 2.68. The third-order valence-electron chi connectivity index (χ3n) is 3.89. The molecule has 0 fully saturated rings. The molecule has 136 valence electrons. The summed E-state index contributed by atoms with van der Waals surface area (Å²) in [6, 6.07) is 17.2. The lowest BCUT2D eigenvalue weighted by atomic mass is 10.1. The normalized spacial score (nSPS) is 10.3. The number of anilines is 1. The molecule has 0 aliphatic heterocycles. The number of hydrogen-bond donors (Lipinski definition) is 2. The Morgan fingerprint density at radius 1 is 1.04 bits per heavy atom. The molecule has 2 N–H and O–H groups in total. The average molecular weight is 362 g/mol. The molecule has 0 atom stereocenters. The number of rotatable bonds is 6. The van der Waals surface area contributed by atoms with E-state index in [1.165, 1.54) is 19.2 Å². The molecule has 6 nitrogen and oxygen atoms in total. The molecule has 3 aromatic rings. The van der Waals surface area contributed by atoms with Crippen LogP contribution in [-0.2, 0) is 6.61 Å². The number of H-pyrrole nitrogens is 1. The molecule has 0 unspecified atom stereocenters. The fourth-order valence-electron chi connectivity index (χ4n) is 2.45. The van der Waals surface area contributed by atoms with E-state index in [0.29, 0.717) is 11.3 Å². The van der Waals surface area contributed by atoms with Crippen LogP contribution in [0.1, 0.15) is 33.3 Å². The maximum absolute atomic E-state index is 12.3. The minimum Gasteiger partial charge on any atom is -0.483 e. The van der Waals surface area contributed by atoms with Crippen molar-refractivity contribution in [3.05, 3.63) is 93.9 Å². The van der Waals surface area contributed by atoms with Gasteiger partial charge in [-0.15, -0.1) is 0 Å². The van der Waals surface area contributed by atoms with Gasteiger partial charge in [0, 0.05) is 23.5 Å². The number of pyridine rings is 1. The first-order valence-electron chi connectivity index (χ1n) is 8.35. The number of ketones is 1. The second kappa shape index (κ2) is 8.14. The van der Waals surface area contributed by atoms with Crippen LogP contribution in [0.2, 0.25) is 0 Å². The third-order valence-corrected chi connectivity index (χ3v) is 3.89. The maximum atomic E-state index is 12.3. The van der Waals surface area contributed by atoms with E-state index in [4.69, 9.17) is 4.74 Å². The van der Waals surface area contributed by atoms with Gasteiger partial charge < -0.3 is 15.0 Å². The Morgan fingerprint density at radius 2 is 1.81 bits per heavy atom. The molecule has 27 heavy (non-hydrogen) atoms. The van der Waals surface area contributed by atoms with E-state index < -0.39 is 11.3 Å². The lowest BCUT2D eigenvalue weighted by molar-refractivity contribution is 0.100. The lowest BCUT2D eigenvalue weighted by Crippen LogP contribution is -2.18. The second-order valence-corrected chi connectivity index (χ2v) is 5.94. The zero-order chi connectivity index (χ0) is 19.2. The molecule has 0 aliphatic rings. The van der Waals surface area contributed by atoms with Gasteiger partial charge in [0.05, 0.1) is 0 Å². The van der Waals surface area contributed by atoms with Crippen molar-refractivity contribution in [1.29, 1.82) is 0 Å². The molecule has 0 aliphatic carbocycles. The standard InChI is InChI=1S/C21H18N2O4/c1-14(24)16-8-5-9-17(10-16)23-21(26)18-11-19(25)20(12-22-18)27-13-15-6-3-2-4-7-15/h2-12H,13H2,1H3,(H,22,25)(H,23,26). The first-order chi connectivity index (χ1) is 13.0. The summed E-state index contributed by atoms with van der Waals surface area (Å²) in [4.78, 5) is 38.7. The molecule has 3 rings (SSSR count). The van der Waals surface area contributed by atoms with Gasteiger partial charge in [0.1, 0.15) is 12.3 Å². The fourth-order valence-corrected chi connectivity index (χ4v) is 2.45. The number of Topliss-reactive ketones (excluding diaryl/α,β-unsaturated/α-hetero) is 1. The van der Waals surface area contributed by atoms with Crippen LogP contribution in [0.4, 0.5) is 5.69 Å². The minimum absolute atomic E-state index is 0.0975. The molecule has 1 heterocycles. The van der Waals surface area contributed by atoms with E-state index in [-0.39, 0.29) is 23.8 Å². The summed E-state index contributed by atoms with van der Waals surface area (Å²) < 4.78 is 5.50. The van der Waals surface area contributed by atoms with Crippen LogP contribution in [0.3, 0.4) is 0 Å². The molecule has 0 spiro atoms. The Hall–Kier alpha value is -3.67. The van der Waals surface area contributed by atoms with Crippen LogP contribution >= 0.6 is 0 Å².